The van der Waals surface area contributed by atoms with E-state index in [0.717, 1.165) is 43.9 Å². The average molecular weight is 360 g/mol. The lowest BCUT2D eigenvalue weighted by Gasteiger charge is -2.29. The molecule has 1 aliphatic carbocycles. The van der Waals surface area contributed by atoms with Gasteiger partial charge >= 0.3 is 0 Å². The highest BCUT2D eigenvalue weighted by atomic mass is 32.2. The number of tetrazole rings is 1. The van der Waals surface area contributed by atoms with Crippen LogP contribution in [0.2, 0.25) is 0 Å². The minimum Gasteiger partial charge on any atom is -0.349 e. The molecule has 0 radical (unpaired) electrons. The van der Waals surface area contributed by atoms with Gasteiger partial charge in [0.25, 0.3) is 5.91 Å². The highest BCUT2D eigenvalue weighted by Crippen LogP contribution is 2.28. The molecule has 4 rings (SSSR count). The summed E-state index contributed by atoms with van der Waals surface area (Å²) in [5.74, 6) is 2.21. The van der Waals surface area contributed by atoms with Crippen molar-refractivity contribution in [1.82, 2.24) is 30.3 Å². The molecule has 3 heterocycles. The van der Waals surface area contributed by atoms with Crippen LogP contribution < -0.4 is 5.32 Å². The monoisotopic (exact) mass is 360 g/mol. The van der Waals surface area contributed by atoms with E-state index in [9.17, 15) is 9.59 Å². The van der Waals surface area contributed by atoms with Crippen molar-refractivity contribution in [3.05, 3.63) is 23.9 Å². The molecule has 2 atom stereocenters. The standard InChI is InChI=1S/C16H20N6O2S/c23-15(11-3-4-22-14(10-11)18-19-20-22)17-13-2-1-12(9-13)16(24)21-5-7-25-8-6-21/h3-4,10,12-13H,1-2,5-9H2,(H,17,23)/t12-,13+/m1/s1. The van der Waals surface area contributed by atoms with Crippen LogP contribution in [0.25, 0.3) is 5.65 Å². The summed E-state index contributed by atoms with van der Waals surface area (Å²) in [7, 11) is 0. The van der Waals surface area contributed by atoms with E-state index < -0.39 is 0 Å². The van der Waals surface area contributed by atoms with Crippen molar-refractivity contribution in [1.29, 1.82) is 0 Å². The fourth-order valence-electron chi connectivity index (χ4n) is 3.53. The maximum Gasteiger partial charge on any atom is 0.251 e. The molecule has 9 heteroatoms. The van der Waals surface area contributed by atoms with Crippen molar-refractivity contribution in [2.75, 3.05) is 24.6 Å². The zero-order valence-corrected chi connectivity index (χ0v) is 14.6. The lowest BCUT2D eigenvalue weighted by molar-refractivity contribution is -0.135. The summed E-state index contributed by atoms with van der Waals surface area (Å²) in [6.45, 7) is 1.70. The second kappa shape index (κ2) is 6.99. The summed E-state index contributed by atoms with van der Waals surface area (Å²) >= 11 is 1.90. The van der Waals surface area contributed by atoms with Gasteiger partial charge in [0.1, 0.15) is 0 Å². The van der Waals surface area contributed by atoms with Gasteiger partial charge < -0.3 is 10.2 Å². The normalized spacial score (nSPS) is 23.8. The molecule has 1 saturated heterocycles. The summed E-state index contributed by atoms with van der Waals surface area (Å²) in [6, 6.07) is 3.41. The Morgan fingerprint density at radius 1 is 1.24 bits per heavy atom. The first-order valence-electron chi connectivity index (χ1n) is 8.56. The Morgan fingerprint density at radius 3 is 2.92 bits per heavy atom. The van der Waals surface area contributed by atoms with Gasteiger partial charge in [-0.15, -0.1) is 5.10 Å². The van der Waals surface area contributed by atoms with E-state index in [0.29, 0.717) is 11.2 Å². The second-order valence-electron chi connectivity index (χ2n) is 6.52. The van der Waals surface area contributed by atoms with Gasteiger partial charge in [0.2, 0.25) is 5.91 Å². The van der Waals surface area contributed by atoms with Gasteiger partial charge in [0.05, 0.1) is 0 Å². The third-order valence-electron chi connectivity index (χ3n) is 4.90. The molecule has 2 aromatic rings. The van der Waals surface area contributed by atoms with E-state index in [4.69, 9.17) is 0 Å². The van der Waals surface area contributed by atoms with E-state index in [2.05, 4.69) is 20.8 Å². The van der Waals surface area contributed by atoms with Crippen molar-refractivity contribution in [2.45, 2.75) is 25.3 Å². The molecule has 2 aromatic heterocycles. The Bertz CT molecular complexity index is 788. The topological polar surface area (TPSA) is 92.5 Å². The van der Waals surface area contributed by atoms with E-state index in [-0.39, 0.29) is 23.8 Å². The van der Waals surface area contributed by atoms with E-state index in [1.807, 2.05) is 16.7 Å². The van der Waals surface area contributed by atoms with Crippen molar-refractivity contribution in [3.8, 4) is 0 Å². The van der Waals surface area contributed by atoms with Crippen LogP contribution in [0.4, 0.5) is 0 Å². The van der Waals surface area contributed by atoms with Gasteiger partial charge in [0, 0.05) is 48.3 Å². The Morgan fingerprint density at radius 2 is 2.08 bits per heavy atom. The number of amides is 2. The van der Waals surface area contributed by atoms with Gasteiger partial charge in [-0.1, -0.05) is 0 Å². The first-order valence-corrected chi connectivity index (χ1v) is 9.71. The number of rotatable bonds is 3. The molecule has 132 valence electrons. The van der Waals surface area contributed by atoms with Crippen LogP contribution in [-0.2, 0) is 4.79 Å². The van der Waals surface area contributed by atoms with Crippen LogP contribution in [0.15, 0.2) is 18.3 Å². The molecule has 25 heavy (non-hydrogen) atoms. The van der Waals surface area contributed by atoms with Gasteiger partial charge in [0.15, 0.2) is 5.65 Å². The molecule has 0 unspecified atom stereocenters. The quantitative estimate of drug-likeness (QED) is 0.862. The molecule has 2 amide bonds. The maximum absolute atomic E-state index is 12.6. The Balaban J connectivity index is 1.35. The van der Waals surface area contributed by atoms with E-state index in [1.54, 1.807) is 18.3 Å². The predicted octanol–water partition coefficient (Wildman–Crippen LogP) is 0.598. The number of fused-ring (bicyclic) bond motifs is 1. The minimum absolute atomic E-state index is 0.0385. The summed E-state index contributed by atoms with van der Waals surface area (Å²) in [5.41, 5.74) is 1.07. The van der Waals surface area contributed by atoms with Crippen molar-refractivity contribution >= 4 is 29.2 Å². The summed E-state index contributed by atoms with van der Waals surface area (Å²) in [5, 5.41) is 14.2. The summed E-state index contributed by atoms with van der Waals surface area (Å²) < 4.78 is 1.51. The molecular weight excluding hydrogens is 340 g/mol. The molecule has 0 aromatic carbocycles. The van der Waals surface area contributed by atoms with Crippen LogP contribution >= 0.6 is 11.8 Å². The van der Waals surface area contributed by atoms with Gasteiger partial charge in [-0.2, -0.15) is 11.8 Å². The smallest absolute Gasteiger partial charge is 0.251 e. The molecule has 2 fully saturated rings. The Labute approximate surface area is 149 Å². The third-order valence-corrected chi connectivity index (χ3v) is 5.84. The first-order chi connectivity index (χ1) is 12.2. The average Bonchev–Trinajstić information content (AvgIpc) is 3.30. The minimum atomic E-state index is -0.141. The highest BCUT2D eigenvalue weighted by molar-refractivity contribution is 7.99. The Hall–Kier alpha value is -2.16. The fraction of sp³-hybridized carbons (Fsp3) is 0.562. The van der Waals surface area contributed by atoms with Gasteiger partial charge in [-0.25, -0.2) is 4.52 Å². The molecule has 1 aliphatic heterocycles. The number of aromatic nitrogens is 4. The van der Waals surface area contributed by atoms with Crippen molar-refractivity contribution in [2.24, 2.45) is 5.92 Å². The van der Waals surface area contributed by atoms with Crippen LogP contribution in [0, 0.1) is 5.92 Å². The van der Waals surface area contributed by atoms with Crippen molar-refractivity contribution in [3.63, 3.8) is 0 Å². The number of thioether (sulfide) groups is 1. The summed E-state index contributed by atoms with van der Waals surface area (Å²) in [6.07, 6.45) is 4.09. The molecular formula is C16H20N6O2S. The molecule has 0 bridgehead atoms. The molecule has 8 nitrogen and oxygen atoms in total. The maximum atomic E-state index is 12.6. The van der Waals surface area contributed by atoms with Crippen LogP contribution in [0.3, 0.4) is 0 Å². The van der Waals surface area contributed by atoms with Gasteiger partial charge in [-0.05, 0) is 41.8 Å². The predicted molar refractivity (Wildman–Crippen MR) is 93.3 cm³/mol. The van der Waals surface area contributed by atoms with E-state index >= 15 is 0 Å². The SMILES string of the molecule is O=C(N[C@H]1CC[C@@H](C(=O)N2CCSCC2)C1)c1ccn2nnnc2c1. The number of hydrogen-bond donors (Lipinski definition) is 1. The molecule has 1 N–H and O–H groups in total. The number of carbonyl (C=O) groups excluding carboxylic acids is 2. The first kappa shape index (κ1) is 16.3. The molecule has 2 aliphatic rings. The lowest BCUT2D eigenvalue weighted by Crippen LogP contribution is -2.41. The largest absolute Gasteiger partial charge is 0.349 e. The van der Waals surface area contributed by atoms with E-state index in [1.165, 1.54) is 4.52 Å². The number of hydrogen-bond acceptors (Lipinski definition) is 6. The number of nitrogens with one attached hydrogen (secondary N) is 1. The van der Waals surface area contributed by atoms with Gasteiger partial charge in [-0.3, -0.25) is 9.59 Å². The fourth-order valence-corrected chi connectivity index (χ4v) is 4.43. The molecule has 0 spiro atoms. The highest BCUT2D eigenvalue weighted by Gasteiger charge is 2.33. The number of nitrogens with zero attached hydrogens (tertiary/aromatic N) is 5. The van der Waals surface area contributed by atoms with Crippen molar-refractivity contribution < 1.29 is 9.59 Å². The third kappa shape index (κ3) is 3.46. The zero-order chi connectivity index (χ0) is 17.2. The van der Waals surface area contributed by atoms with Crippen LogP contribution in [0.1, 0.15) is 29.6 Å². The summed E-state index contributed by atoms with van der Waals surface area (Å²) in [4.78, 5) is 27.0. The molecule has 1 saturated carbocycles. The zero-order valence-electron chi connectivity index (χ0n) is 13.8. The number of pyridine rings is 1. The second-order valence-corrected chi connectivity index (χ2v) is 7.74. The lowest BCUT2D eigenvalue weighted by atomic mass is 10.1. The van der Waals surface area contributed by atoms with Crippen LogP contribution in [-0.4, -0.2) is 67.4 Å². The Kier molecular flexibility index (Phi) is 4.56. The number of carbonyl (C=O) groups is 2. The van der Waals surface area contributed by atoms with Crippen LogP contribution in [0.5, 0.6) is 0 Å².